The van der Waals surface area contributed by atoms with E-state index < -0.39 is 5.60 Å². The van der Waals surface area contributed by atoms with Gasteiger partial charge in [-0.05, 0) is 50.8 Å². The number of hydrogen-bond donors (Lipinski definition) is 1. The molecule has 2 aliphatic heterocycles. The van der Waals surface area contributed by atoms with Crippen molar-refractivity contribution in [3.8, 4) is 11.5 Å². The third-order valence-electron chi connectivity index (χ3n) is 5.91. The highest BCUT2D eigenvalue weighted by molar-refractivity contribution is 5.86. The molecule has 2 saturated heterocycles. The van der Waals surface area contributed by atoms with E-state index in [1.165, 1.54) is 0 Å². The molecule has 1 atom stereocenters. The molecule has 6 nitrogen and oxygen atoms in total. The molecule has 1 N–H and O–H groups in total. The molecular weight excluding hydrogens is 344 g/mol. The van der Waals surface area contributed by atoms with Gasteiger partial charge in [0.05, 0.1) is 14.2 Å². The maximum atomic E-state index is 13.1. The summed E-state index contributed by atoms with van der Waals surface area (Å²) in [5.41, 5.74) is -0.397. The van der Waals surface area contributed by atoms with E-state index in [2.05, 4.69) is 11.8 Å². The SMILES string of the molecule is COc1cccc(CN2CCCC(O)(CN3CCC(C)CC3)C2=O)c1OC. The van der Waals surface area contributed by atoms with Crippen LogP contribution in [0, 0.1) is 5.92 Å². The lowest BCUT2D eigenvalue weighted by atomic mass is 9.89. The van der Waals surface area contributed by atoms with Gasteiger partial charge in [0.25, 0.3) is 5.91 Å². The number of para-hydroxylation sites is 1. The van der Waals surface area contributed by atoms with Gasteiger partial charge in [-0.3, -0.25) is 9.69 Å². The van der Waals surface area contributed by atoms with Crippen molar-refractivity contribution < 1.29 is 19.4 Å². The van der Waals surface area contributed by atoms with E-state index in [1.807, 2.05) is 18.2 Å². The number of benzene rings is 1. The average Bonchev–Trinajstić information content (AvgIpc) is 2.67. The first kappa shape index (κ1) is 20.0. The fourth-order valence-corrected chi connectivity index (χ4v) is 4.24. The summed E-state index contributed by atoms with van der Waals surface area (Å²) >= 11 is 0. The van der Waals surface area contributed by atoms with E-state index in [9.17, 15) is 9.90 Å². The van der Waals surface area contributed by atoms with E-state index in [0.29, 0.717) is 37.6 Å². The highest BCUT2D eigenvalue weighted by Crippen LogP contribution is 2.33. The minimum atomic E-state index is -1.29. The Labute approximate surface area is 162 Å². The molecule has 1 aromatic rings. The van der Waals surface area contributed by atoms with Gasteiger partial charge in [0.1, 0.15) is 0 Å². The summed E-state index contributed by atoms with van der Waals surface area (Å²) in [5, 5.41) is 11.1. The molecule has 1 unspecified atom stereocenters. The van der Waals surface area contributed by atoms with E-state index >= 15 is 0 Å². The lowest BCUT2D eigenvalue weighted by Gasteiger charge is -2.42. The molecule has 0 aliphatic carbocycles. The number of piperidine rings is 2. The van der Waals surface area contributed by atoms with E-state index in [1.54, 1.807) is 19.1 Å². The number of likely N-dealkylation sites (tertiary alicyclic amines) is 2. The molecule has 2 aliphatic rings. The summed E-state index contributed by atoms with van der Waals surface area (Å²) < 4.78 is 10.9. The van der Waals surface area contributed by atoms with E-state index in [4.69, 9.17) is 9.47 Å². The predicted molar refractivity (Wildman–Crippen MR) is 104 cm³/mol. The lowest BCUT2D eigenvalue weighted by Crippen LogP contribution is -2.59. The van der Waals surface area contributed by atoms with Gasteiger partial charge in [-0.1, -0.05) is 19.1 Å². The van der Waals surface area contributed by atoms with Crippen molar-refractivity contribution in [3.63, 3.8) is 0 Å². The van der Waals surface area contributed by atoms with Gasteiger partial charge in [0, 0.05) is 25.2 Å². The Morgan fingerprint density at radius 3 is 2.59 bits per heavy atom. The molecule has 150 valence electrons. The molecule has 2 fully saturated rings. The maximum Gasteiger partial charge on any atom is 0.256 e. The maximum absolute atomic E-state index is 13.1. The highest BCUT2D eigenvalue weighted by Gasteiger charge is 2.43. The Bertz CT molecular complexity index is 658. The normalized spacial score (nSPS) is 24.9. The van der Waals surface area contributed by atoms with Crippen molar-refractivity contribution in [2.75, 3.05) is 40.4 Å². The molecule has 6 heteroatoms. The second kappa shape index (κ2) is 8.48. The third-order valence-corrected chi connectivity index (χ3v) is 5.91. The van der Waals surface area contributed by atoms with Gasteiger partial charge < -0.3 is 19.5 Å². The van der Waals surface area contributed by atoms with Crippen LogP contribution < -0.4 is 9.47 Å². The van der Waals surface area contributed by atoms with Crippen molar-refractivity contribution in [2.45, 2.75) is 44.8 Å². The van der Waals surface area contributed by atoms with Crippen LogP contribution in [-0.4, -0.2) is 66.8 Å². The molecule has 0 saturated carbocycles. The number of rotatable bonds is 6. The Kier molecular flexibility index (Phi) is 6.27. The van der Waals surface area contributed by atoms with Crippen molar-refractivity contribution in [1.29, 1.82) is 0 Å². The first-order valence-corrected chi connectivity index (χ1v) is 9.91. The second-order valence-electron chi connectivity index (χ2n) is 7.97. The molecule has 0 bridgehead atoms. The third kappa shape index (κ3) is 4.38. The average molecular weight is 376 g/mol. The van der Waals surface area contributed by atoms with Gasteiger partial charge in [-0.2, -0.15) is 0 Å². The van der Waals surface area contributed by atoms with Crippen LogP contribution in [0.15, 0.2) is 18.2 Å². The fourth-order valence-electron chi connectivity index (χ4n) is 4.24. The standard InChI is InChI=1S/C21H32N2O4/c1-16-8-12-22(13-9-16)15-21(25)10-5-11-23(20(21)24)14-17-6-4-7-18(26-2)19(17)27-3/h4,6-7,16,25H,5,8-15H2,1-3H3. The Hall–Kier alpha value is -1.79. The monoisotopic (exact) mass is 376 g/mol. The largest absolute Gasteiger partial charge is 0.493 e. The van der Waals surface area contributed by atoms with Crippen molar-refractivity contribution in [1.82, 2.24) is 9.80 Å². The molecule has 0 radical (unpaired) electrons. The van der Waals surface area contributed by atoms with Crippen LogP contribution >= 0.6 is 0 Å². The smallest absolute Gasteiger partial charge is 0.256 e. The Morgan fingerprint density at radius 1 is 1.19 bits per heavy atom. The number of nitrogens with zero attached hydrogens (tertiary/aromatic N) is 2. The van der Waals surface area contributed by atoms with E-state index in [0.717, 1.165) is 43.8 Å². The molecule has 2 heterocycles. The number of methoxy groups -OCH3 is 2. The quantitative estimate of drug-likeness (QED) is 0.825. The van der Waals surface area contributed by atoms with Crippen molar-refractivity contribution in [3.05, 3.63) is 23.8 Å². The minimum Gasteiger partial charge on any atom is -0.493 e. The summed E-state index contributed by atoms with van der Waals surface area (Å²) in [4.78, 5) is 17.1. The molecule has 0 aromatic heterocycles. The summed E-state index contributed by atoms with van der Waals surface area (Å²) in [6.07, 6.45) is 3.60. The van der Waals surface area contributed by atoms with E-state index in [-0.39, 0.29) is 5.91 Å². The first-order chi connectivity index (χ1) is 13.0. The number of carbonyl (C=O) groups excluding carboxylic acids is 1. The number of β-amino-alcohol motifs (C(OH)–C–C–N with tert-alkyl or cyclic N) is 1. The van der Waals surface area contributed by atoms with Gasteiger partial charge >= 0.3 is 0 Å². The zero-order valence-electron chi connectivity index (χ0n) is 16.7. The number of ether oxygens (including phenoxy) is 2. The van der Waals surface area contributed by atoms with Gasteiger partial charge in [0.15, 0.2) is 17.1 Å². The zero-order valence-corrected chi connectivity index (χ0v) is 16.7. The van der Waals surface area contributed by atoms with Crippen LogP contribution in [0.1, 0.15) is 38.2 Å². The zero-order chi connectivity index (χ0) is 19.4. The molecule has 27 heavy (non-hydrogen) atoms. The van der Waals surface area contributed by atoms with Crippen LogP contribution in [0.3, 0.4) is 0 Å². The molecule has 1 aromatic carbocycles. The van der Waals surface area contributed by atoms with Crippen LogP contribution in [0.5, 0.6) is 11.5 Å². The molecule has 0 spiro atoms. The van der Waals surface area contributed by atoms with Gasteiger partial charge in [-0.25, -0.2) is 0 Å². The topological polar surface area (TPSA) is 62.2 Å². The van der Waals surface area contributed by atoms with Crippen molar-refractivity contribution in [2.24, 2.45) is 5.92 Å². The van der Waals surface area contributed by atoms with Crippen LogP contribution in [-0.2, 0) is 11.3 Å². The first-order valence-electron chi connectivity index (χ1n) is 9.91. The highest BCUT2D eigenvalue weighted by atomic mass is 16.5. The molecule has 1 amide bonds. The Morgan fingerprint density at radius 2 is 1.93 bits per heavy atom. The van der Waals surface area contributed by atoms with Crippen LogP contribution in [0.2, 0.25) is 0 Å². The van der Waals surface area contributed by atoms with Gasteiger partial charge in [-0.15, -0.1) is 0 Å². The number of carbonyl (C=O) groups is 1. The number of amides is 1. The Balaban J connectivity index is 1.71. The molecule has 3 rings (SSSR count). The van der Waals surface area contributed by atoms with Crippen LogP contribution in [0.25, 0.3) is 0 Å². The lowest BCUT2D eigenvalue weighted by molar-refractivity contribution is -0.160. The summed E-state index contributed by atoms with van der Waals surface area (Å²) in [6, 6.07) is 5.68. The van der Waals surface area contributed by atoms with Crippen molar-refractivity contribution >= 4 is 5.91 Å². The fraction of sp³-hybridized carbons (Fsp3) is 0.667. The molecular formula is C21H32N2O4. The summed E-state index contributed by atoms with van der Waals surface area (Å²) in [5.74, 6) is 1.86. The number of hydrogen-bond acceptors (Lipinski definition) is 5. The summed E-state index contributed by atoms with van der Waals surface area (Å²) in [7, 11) is 3.21. The second-order valence-corrected chi connectivity index (χ2v) is 7.97. The van der Waals surface area contributed by atoms with Crippen LogP contribution in [0.4, 0.5) is 0 Å². The summed E-state index contributed by atoms with van der Waals surface area (Å²) in [6.45, 7) is 5.68. The number of aliphatic hydroxyl groups is 1. The minimum absolute atomic E-state index is 0.169. The van der Waals surface area contributed by atoms with Gasteiger partial charge in [0.2, 0.25) is 0 Å². The predicted octanol–water partition coefficient (Wildman–Crippen LogP) is 2.29.